The number of hydrogen-bond acceptors (Lipinski definition) is 3. The molecule has 0 saturated heterocycles. The van der Waals surface area contributed by atoms with Gasteiger partial charge in [-0.3, -0.25) is 8.33 Å². The van der Waals surface area contributed by atoms with Crippen LogP contribution >= 0.6 is 0 Å². The minimum absolute atomic E-state index is 0.0596. The van der Waals surface area contributed by atoms with Crippen molar-refractivity contribution in [2.24, 2.45) is 4.03 Å². The first-order valence-corrected chi connectivity index (χ1v) is 11.4. The molecule has 1 atom stereocenters. The minimum atomic E-state index is -2.53. The van der Waals surface area contributed by atoms with E-state index in [9.17, 15) is 4.21 Å². The zero-order valence-corrected chi connectivity index (χ0v) is 16.0. The molecule has 0 aromatic carbocycles. The molecule has 20 heavy (non-hydrogen) atoms. The third-order valence-corrected chi connectivity index (χ3v) is 12.3. The molecule has 0 aliphatic carbocycles. The summed E-state index contributed by atoms with van der Waals surface area (Å²) in [6, 6.07) is 0. The first-order chi connectivity index (χ1) is 8.92. The maximum absolute atomic E-state index is 13.4. The van der Waals surface area contributed by atoms with Gasteiger partial charge in [0.15, 0.2) is 8.24 Å². The zero-order valence-electron chi connectivity index (χ0n) is 14.2. The standard InChI is InChI=1S/C14H31N3OSSi/c1-10-17(12-11-15-7)19(18,13(2)3)16-20(8,9)14(4,5)6/h10-13,15H,1H2,2-9H3/b12-11-. The molecular formula is C14H31N3OSSi. The maximum atomic E-state index is 13.4. The molecule has 0 fully saturated rings. The van der Waals surface area contributed by atoms with Crippen molar-refractivity contribution >= 4 is 18.2 Å². The Balaban J connectivity index is 6.04. The molecule has 0 amide bonds. The second-order valence-electron chi connectivity index (χ2n) is 6.63. The van der Waals surface area contributed by atoms with Crippen LogP contribution in [-0.4, -0.2) is 29.0 Å². The van der Waals surface area contributed by atoms with Crippen LogP contribution in [0.4, 0.5) is 0 Å². The summed E-state index contributed by atoms with van der Waals surface area (Å²) in [5.41, 5.74) is 0. The summed E-state index contributed by atoms with van der Waals surface area (Å²) in [5, 5.41) is 2.90. The number of nitrogens with zero attached hydrogens (tertiary/aromatic N) is 2. The molecule has 0 saturated carbocycles. The van der Waals surface area contributed by atoms with E-state index in [1.165, 1.54) is 0 Å². The van der Waals surface area contributed by atoms with Crippen molar-refractivity contribution in [3.05, 3.63) is 25.2 Å². The van der Waals surface area contributed by atoms with Gasteiger partial charge in [0.2, 0.25) is 0 Å². The SMILES string of the molecule is C=CN(/C=C\NC)S(=O)(=N[Si](C)(C)C(C)(C)C)C(C)C. The van der Waals surface area contributed by atoms with E-state index in [1.807, 2.05) is 13.8 Å². The first-order valence-electron chi connectivity index (χ1n) is 6.94. The Bertz CT molecular complexity index is 469. The summed E-state index contributed by atoms with van der Waals surface area (Å²) in [6.07, 6.45) is 5.07. The smallest absolute Gasteiger partial charge is 0.195 e. The molecule has 0 spiro atoms. The van der Waals surface area contributed by atoms with Crippen molar-refractivity contribution in [3.8, 4) is 0 Å². The van der Waals surface area contributed by atoms with Gasteiger partial charge in [-0.25, -0.2) is 4.21 Å². The lowest BCUT2D eigenvalue weighted by Crippen LogP contribution is -2.40. The van der Waals surface area contributed by atoms with Gasteiger partial charge in [0.25, 0.3) is 0 Å². The zero-order chi connectivity index (χ0) is 16.2. The maximum Gasteiger partial charge on any atom is 0.195 e. The monoisotopic (exact) mass is 317 g/mol. The highest BCUT2D eigenvalue weighted by molar-refractivity contribution is 7.92. The fraction of sp³-hybridized carbons (Fsp3) is 0.714. The Labute approximate surface area is 126 Å². The highest BCUT2D eigenvalue weighted by atomic mass is 32.2. The van der Waals surface area contributed by atoms with Crippen LogP contribution in [0, 0.1) is 0 Å². The van der Waals surface area contributed by atoms with E-state index in [4.69, 9.17) is 4.03 Å². The van der Waals surface area contributed by atoms with Crippen molar-refractivity contribution < 1.29 is 4.21 Å². The molecular weight excluding hydrogens is 286 g/mol. The average molecular weight is 318 g/mol. The summed E-state index contributed by atoms with van der Waals surface area (Å²) in [5.74, 6) is 0. The largest absolute Gasteiger partial charge is 0.393 e. The lowest BCUT2D eigenvalue weighted by molar-refractivity contribution is 0.625. The predicted molar refractivity (Wildman–Crippen MR) is 93.1 cm³/mol. The average Bonchev–Trinajstić information content (AvgIpc) is 2.27. The van der Waals surface area contributed by atoms with Crippen LogP contribution in [0.3, 0.4) is 0 Å². The Morgan fingerprint density at radius 3 is 2.15 bits per heavy atom. The van der Waals surface area contributed by atoms with Crippen LogP contribution in [0.15, 0.2) is 29.2 Å². The van der Waals surface area contributed by atoms with Gasteiger partial charge in [0.05, 0.1) is 5.25 Å². The van der Waals surface area contributed by atoms with E-state index < -0.39 is 18.2 Å². The van der Waals surface area contributed by atoms with Crippen molar-refractivity contribution in [2.75, 3.05) is 7.05 Å². The summed E-state index contributed by atoms with van der Waals surface area (Å²) < 4.78 is 20.0. The van der Waals surface area contributed by atoms with Gasteiger partial charge in [0, 0.05) is 25.6 Å². The van der Waals surface area contributed by atoms with Crippen LogP contribution in [0.5, 0.6) is 0 Å². The molecule has 0 heterocycles. The van der Waals surface area contributed by atoms with Gasteiger partial charge in [-0.2, -0.15) is 0 Å². The van der Waals surface area contributed by atoms with E-state index >= 15 is 0 Å². The van der Waals surface area contributed by atoms with Crippen molar-refractivity contribution in [3.63, 3.8) is 0 Å². The molecule has 4 nitrogen and oxygen atoms in total. The lowest BCUT2D eigenvalue weighted by atomic mass is 10.2. The molecule has 0 rings (SSSR count). The predicted octanol–water partition coefficient (Wildman–Crippen LogP) is 3.92. The molecule has 0 aromatic heterocycles. The van der Waals surface area contributed by atoms with Crippen LogP contribution in [0.1, 0.15) is 34.6 Å². The summed E-state index contributed by atoms with van der Waals surface area (Å²) in [4.78, 5) is 0. The lowest BCUT2D eigenvalue weighted by Gasteiger charge is -2.35. The topological polar surface area (TPSA) is 44.7 Å². The minimum Gasteiger partial charge on any atom is -0.393 e. The van der Waals surface area contributed by atoms with Gasteiger partial charge in [-0.1, -0.05) is 27.4 Å². The normalized spacial score (nSPS) is 16.1. The Morgan fingerprint density at radius 2 is 1.85 bits per heavy atom. The fourth-order valence-electron chi connectivity index (χ4n) is 1.26. The van der Waals surface area contributed by atoms with Gasteiger partial charge in [-0.05, 0) is 32.0 Å². The Morgan fingerprint density at radius 1 is 1.35 bits per heavy atom. The third kappa shape index (κ3) is 4.38. The van der Waals surface area contributed by atoms with Crippen molar-refractivity contribution in [2.45, 2.75) is 58.0 Å². The van der Waals surface area contributed by atoms with Crippen molar-refractivity contribution in [1.82, 2.24) is 9.62 Å². The van der Waals surface area contributed by atoms with Crippen molar-refractivity contribution in [1.29, 1.82) is 0 Å². The van der Waals surface area contributed by atoms with E-state index in [1.54, 1.807) is 30.0 Å². The molecule has 1 N–H and O–H groups in total. The van der Waals surface area contributed by atoms with E-state index in [2.05, 4.69) is 45.8 Å². The fourth-order valence-corrected chi connectivity index (χ4v) is 7.13. The number of rotatable bonds is 6. The Kier molecular flexibility index (Phi) is 6.55. The summed E-state index contributed by atoms with van der Waals surface area (Å²) in [6.45, 7) is 18.5. The summed E-state index contributed by atoms with van der Waals surface area (Å²) in [7, 11) is -2.74. The molecule has 118 valence electrons. The highest BCUT2D eigenvalue weighted by Gasteiger charge is 2.38. The Hall–Kier alpha value is -0.753. The first kappa shape index (κ1) is 19.2. The third-order valence-electron chi connectivity index (χ3n) is 3.68. The molecule has 0 aliphatic heterocycles. The van der Waals surface area contributed by atoms with Gasteiger partial charge >= 0.3 is 0 Å². The molecule has 6 heteroatoms. The van der Waals surface area contributed by atoms with E-state index in [-0.39, 0.29) is 10.3 Å². The molecule has 0 radical (unpaired) electrons. The second-order valence-corrected chi connectivity index (χ2v) is 14.4. The number of nitrogens with one attached hydrogen (secondary N) is 1. The number of hydrogen-bond donors (Lipinski definition) is 1. The van der Waals surface area contributed by atoms with Crippen LogP contribution in [0.2, 0.25) is 18.1 Å². The summed E-state index contributed by atoms with van der Waals surface area (Å²) >= 11 is 0. The molecule has 0 aliphatic rings. The van der Waals surface area contributed by atoms with E-state index in [0.717, 1.165) is 0 Å². The molecule has 0 aromatic rings. The van der Waals surface area contributed by atoms with Crippen LogP contribution in [0.25, 0.3) is 0 Å². The molecule has 0 bridgehead atoms. The molecule has 1 unspecified atom stereocenters. The van der Waals surface area contributed by atoms with E-state index in [0.29, 0.717) is 0 Å². The quantitative estimate of drug-likeness (QED) is 0.755. The van der Waals surface area contributed by atoms with Gasteiger partial charge in [0.1, 0.15) is 9.92 Å². The van der Waals surface area contributed by atoms with Crippen LogP contribution < -0.4 is 5.32 Å². The van der Waals surface area contributed by atoms with Gasteiger partial charge in [-0.15, -0.1) is 0 Å². The van der Waals surface area contributed by atoms with Crippen LogP contribution in [-0.2, 0) is 9.92 Å². The van der Waals surface area contributed by atoms with Gasteiger partial charge < -0.3 is 5.32 Å². The highest BCUT2D eigenvalue weighted by Crippen LogP contribution is 2.38. The second kappa shape index (κ2) is 6.80.